The molecule has 0 spiro atoms. The van der Waals surface area contributed by atoms with E-state index in [-0.39, 0.29) is 22.9 Å². The molecule has 0 saturated carbocycles. The number of benzene rings is 2. The number of anilines is 1. The molecule has 0 aliphatic rings. The summed E-state index contributed by atoms with van der Waals surface area (Å²) in [4.78, 5) is 33.7. The molecule has 2 rings (SSSR count). The maximum Gasteiger partial charge on any atom is 0.273 e. The molecule has 9 nitrogen and oxygen atoms in total. The van der Waals surface area contributed by atoms with Crippen LogP contribution in [-0.4, -0.2) is 37.0 Å². The predicted molar refractivity (Wildman–Crippen MR) is 93.1 cm³/mol. The van der Waals surface area contributed by atoms with Crippen LogP contribution in [0.4, 0.5) is 20.2 Å². The molecule has 2 aromatic rings. The topological polar surface area (TPSA) is 120 Å². The van der Waals surface area contributed by atoms with Gasteiger partial charge in [0.25, 0.3) is 11.6 Å². The first-order valence-electron chi connectivity index (χ1n) is 7.77. The number of methoxy groups -OCH3 is 1. The highest BCUT2D eigenvalue weighted by molar-refractivity contribution is 5.94. The van der Waals surface area contributed by atoms with Crippen molar-refractivity contribution in [3.63, 3.8) is 0 Å². The summed E-state index contributed by atoms with van der Waals surface area (Å²) in [5.41, 5.74) is -0.224. The number of nitro benzene ring substituents is 1. The Balaban J connectivity index is 1.85. The van der Waals surface area contributed by atoms with Crippen LogP contribution in [0.5, 0.6) is 11.5 Å². The number of nitrogens with one attached hydrogen (secondary N) is 2. The van der Waals surface area contributed by atoms with Gasteiger partial charge < -0.3 is 20.1 Å². The number of ether oxygens (including phenoxy) is 2. The van der Waals surface area contributed by atoms with Crippen molar-refractivity contribution in [3.8, 4) is 11.5 Å². The molecule has 0 unspecified atom stereocenters. The largest absolute Gasteiger partial charge is 0.493 e. The Bertz CT molecular complexity index is 906. The Morgan fingerprint density at radius 2 is 1.82 bits per heavy atom. The summed E-state index contributed by atoms with van der Waals surface area (Å²) in [6.45, 7) is -0.983. The number of nitro groups is 1. The summed E-state index contributed by atoms with van der Waals surface area (Å²) in [5, 5.41) is 15.3. The monoisotopic (exact) mass is 395 g/mol. The normalized spacial score (nSPS) is 10.1. The molecule has 0 saturated heterocycles. The first-order valence-corrected chi connectivity index (χ1v) is 7.77. The molecule has 2 aromatic carbocycles. The van der Waals surface area contributed by atoms with E-state index in [0.29, 0.717) is 0 Å². The summed E-state index contributed by atoms with van der Waals surface area (Å²) in [6, 6.07) is 6.45. The quantitative estimate of drug-likeness (QED) is 0.521. The molecular weight excluding hydrogens is 380 g/mol. The lowest BCUT2D eigenvalue weighted by atomic mass is 10.3. The van der Waals surface area contributed by atoms with E-state index in [4.69, 9.17) is 9.47 Å². The maximum atomic E-state index is 13.1. The molecule has 11 heteroatoms. The molecule has 2 N–H and O–H groups in total. The first kappa shape index (κ1) is 20.6. The van der Waals surface area contributed by atoms with Gasteiger partial charge >= 0.3 is 0 Å². The third-order valence-corrected chi connectivity index (χ3v) is 3.37. The molecular formula is C17H15F2N3O6. The maximum absolute atomic E-state index is 13.1. The Labute approximate surface area is 157 Å². The molecule has 0 bridgehead atoms. The van der Waals surface area contributed by atoms with E-state index in [9.17, 15) is 28.5 Å². The van der Waals surface area contributed by atoms with Crippen LogP contribution in [0, 0.1) is 21.7 Å². The van der Waals surface area contributed by atoms with Crippen LogP contribution >= 0.6 is 0 Å². The summed E-state index contributed by atoms with van der Waals surface area (Å²) in [5.74, 6) is -3.37. The second-order valence-electron chi connectivity index (χ2n) is 5.33. The number of amides is 2. The minimum Gasteiger partial charge on any atom is -0.493 e. The van der Waals surface area contributed by atoms with Crippen molar-refractivity contribution in [1.29, 1.82) is 0 Å². The van der Waals surface area contributed by atoms with Crippen molar-refractivity contribution in [1.82, 2.24) is 5.32 Å². The summed E-state index contributed by atoms with van der Waals surface area (Å²) in [7, 11) is 1.33. The molecule has 0 heterocycles. The van der Waals surface area contributed by atoms with Gasteiger partial charge in [0.2, 0.25) is 5.91 Å². The van der Waals surface area contributed by atoms with E-state index in [1.54, 1.807) is 0 Å². The van der Waals surface area contributed by atoms with Gasteiger partial charge in [0.1, 0.15) is 0 Å². The molecule has 148 valence electrons. The second kappa shape index (κ2) is 9.26. The molecule has 0 aliphatic carbocycles. The Kier molecular flexibility index (Phi) is 6.79. The smallest absolute Gasteiger partial charge is 0.273 e. The Hall–Kier alpha value is -3.76. The number of non-ortho nitro benzene ring substituents is 1. The number of carbonyl (C=O) groups is 2. The Morgan fingerprint density at radius 3 is 2.46 bits per heavy atom. The summed E-state index contributed by atoms with van der Waals surface area (Å²) < 4.78 is 36.1. The zero-order chi connectivity index (χ0) is 20.7. The fraction of sp³-hybridized carbons (Fsp3) is 0.176. The molecule has 0 atom stereocenters. The lowest BCUT2D eigenvalue weighted by Crippen LogP contribution is -2.35. The molecule has 0 aromatic heterocycles. The van der Waals surface area contributed by atoms with Gasteiger partial charge in [-0.25, -0.2) is 8.78 Å². The average Bonchev–Trinajstić information content (AvgIpc) is 2.67. The van der Waals surface area contributed by atoms with Crippen LogP contribution in [0.1, 0.15) is 0 Å². The van der Waals surface area contributed by atoms with Gasteiger partial charge in [-0.05, 0) is 18.2 Å². The van der Waals surface area contributed by atoms with Gasteiger partial charge in [0, 0.05) is 17.8 Å². The number of carbonyl (C=O) groups excluding carboxylic acids is 2. The van der Waals surface area contributed by atoms with Crippen molar-refractivity contribution in [2.24, 2.45) is 0 Å². The van der Waals surface area contributed by atoms with Gasteiger partial charge in [-0.3, -0.25) is 19.7 Å². The van der Waals surface area contributed by atoms with Gasteiger partial charge in [-0.15, -0.1) is 0 Å². The fourth-order valence-electron chi connectivity index (χ4n) is 2.04. The second-order valence-corrected chi connectivity index (χ2v) is 5.33. The Morgan fingerprint density at radius 1 is 1.07 bits per heavy atom. The van der Waals surface area contributed by atoms with E-state index >= 15 is 0 Å². The zero-order valence-corrected chi connectivity index (χ0v) is 14.5. The molecule has 2 amide bonds. The van der Waals surface area contributed by atoms with Crippen LogP contribution in [0.15, 0.2) is 36.4 Å². The third kappa shape index (κ3) is 5.62. The number of halogens is 2. The number of rotatable bonds is 8. The van der Waals surface area contributed by atoms with E-state index in [0.717, 1.165) is 24.3 Å². The van der Waals surface area contributed by atoms with Crippen LogP contribution < -0.4 is 20.1 Å². The predicted octanol–water partition coefficient (Wildman–Crippen LogP) is 2.02. The fourth-order valence-corrected chi connectivity index (χ4v) is 2.04. The van der Waals surface area contributed by atoms with Crippen molar-refractivity contribution in [2.45, 2.75) is 0 Å². The van der Waals surface area contributed by atoms with Gasteiger partial charge in [0.15, 0.2) is 29.7 Å². The van der Waals surface area contributed by atoms with Gasteiger partial charge in [-0.2, -0.15) is 0 Å². The minimum absolute atomic E-state index is 0.0157. The minimum atomic E-state index is -1.12. The first-order chi connectivity index (χ1) is 13.3. The van der Waals surface area contributed by atoms with E-state index in [1.807, 2.05) is 0 Å². The summed E-state index contributed by atoms with van der Waals surface area (Å²) >= 11 is 0. The standard InChI is InChI=1S/C17H15F2N3O6/c1-27-14-5-3-11(22(25)26)7-15(14)28-9-17(24)20-8-16(23)21-10-2-4-12(18)13(19)6-10/h2-7H,8-9H2,1H3,(H,20,24)(H,21,23). The molecule has 0 fully saturated rings. The van der Waals surface area contributed by atoms with Crippen molar-refractivity contribution < 1.29 is 32.8 Å². The highest BCUT2D eigenvalue weighted by Crippen LogP contribution is 2.30. The average molecular weight is 395 g/mol. The highest BCUT2D eigenvalue weighted by atomic mass is 19.2. The number of nitrogens with zero attached hydrogens (tertiary/aromatic N) is 1. The van der Waals surface area contributed by atoms with E-state index in [1.165, 1.54) is 19.2 Å². The van der Waals surface area contributed by atoms with Crippen LogP contribution in [0.2, 0.25) is 0 Å². The third-order valence-electron chi connectivity index (χ3n) is 3.37. The van der Waals surface area contributed by atoms with Crippen molar-refractivity contribution in [2.75, 3.05) is 25.6 Å². The SMILES string of the molecule is COc1ccc([N+](=O)[O-])cc1OCC(=O)NCC(=O)Nc1ccc(F)c(F)c1. The van der Waals surface area contributed by atoms with Crippen molar-refractivity contribution in [3.05, 3.63) is 58.1 Å². The molecule has 0 radical (unpaired) electrons. The lowest BCUT2D eigenvalue weighted by Gasteiger charge is -2.11. The van der Waals surface area contributed by atoms with Gasteiger partial charge in [0.05, 0.1) is 24.6 Å². The van der Waals surface area contributed by atoms with Crippen molar-refractivity contribution >= 4 is 23.2 Å². The number of hydrogen-bond acceptors (Lipinski definition) is 6. The van der Waals surface area contributed by atoms with Crippen LogP contribution in [-0.2, 0) is 9.59 Å². The van der Waals surface area contributed by atoms with E-state index in [2.05, 4.69) is 10.6 Å². The van der Waals surface area contributed by atoms with E-state index < -0.39 is 41.5 Å². The molecule has 28 heavy (non-hydrogen) atoms. The summed E-state index contributed by atoms with van der Waals surface area (Å²) in [6.07, 6.45) is 0. The lowest BCUT2D eigenvalue weighted by molar-refractivity contribution is -0.385. The highest BCUT2D eigenvalue weighted by Gasteiger charge is 2.14. The number of hydrogen-bond donors (Lipinski definition) is 2. The van der Waals surface area contributed by atoms with Crippen LogP contribution in [0.3, 0.4) is 0 Å². The van der Waals surface area contributed by atoms with Crippen LogP contribution in [0.25, 0.3) is 0 Å². The molecule has 0 aliphatic heterocycles. The zero-order valence-electron chi connectivity index (χ0n) is 14.5. The van der Waals surface area contributed by atoms with Gasteiger partial charge in [-0.1, -0.05) is 0 Å².